The second-order valence-corrected chi connectivity index (χ2v) is 6.09. The molecule has 1 saturated carbocycles. The fourth-order valence-electron chi connectivity index (χ4n) is 2.62. The zero-order valence-corrected chi connectivity index (χ0v) is 12.3. The lowest BCUT2D eigenvalue weighted by Crippen LogP contribution is -2.49. The second-order valence-electron chi connectivity index (χ2n) is 6.09. The molecule has 0 spiro atoms. The summed E-state index contributed by atoms with van der Waals surface area (Å²) in [6, 6.07) is 0.254. The van der Waals surface area contributed by atoms with E-state index < -0.39 is 0 Å². The fraction of sp³-hybridized carbons (Fsp3) is 0.929. The quantitative estimate of drug-likeness (QED) is 0.776. The molecule has 0 aromatic rings. The van der Waals surface area contributed by atoms with Gasteiger partial charge in [-0.25, -0.2) is 0 Å². The van der Waals surface area contributed by atoms with Gasteiger partial charge in [0.05, 0.1) is 5.92 Å². The van der Waals surface area contributed by atoms with Crippen molar-refractivity contribution in [1.29, 1.82) is 0 Å². The van der Waals surface area contributed by atoms with Crippen molar-refractivity contribution in [2.45, 2.75) is 51.6 Å². The van der Waals surface area contributed by atoms with E-state index in [1.54, 1.807) is 0 Å². The molecule has 106 valence electrons. The molecule has 0 saturated heterocycles. The summed E-state index contributed by atoms with van der Waals surface area (Å²) in [5, 5.41) is 3.11. The predicted octanol–water partition coefficient (Wildman–Crippen LogP) is 1.21. The van der Waals surface area contributed by atoms with Crippen LogP contribution >= 0.6 is 0 Å². The molecule has 0 aromatic carbocycles. The molecule has 0 aromatic heterocycles. The van der Waals surface area contributed by atoms with Crippen molar-refractivity contribution in [3.05, 3.63) is 0 Å². The summed E-state index contributed by atoms with van der Waals surface area (Å²) in [4.78, 5) is 14.3. The van der Waals surface area contributed by atoms with Gasteiger partial charge in [-0.15, -0.1) is 0 Å². The van der Waals surface area contributed by atoms with Crippen molar-refractivity contribution >= 4 is 5.91 Å². The zero-order chi connectivity index (χ0) is 13.7. The Bertz CT molecular complexity index is 268. The van der Waals surface area contributed by atoms with Crippen LogP contribution in [-0.2, 0) is 4.79 Å². The summed E-state index contributed by atoms with van der Waals surface area (Å²) in [6.45, 7) is 5.22. The van der Waals surface area contributed by atoms with E-state index in [-0.39, 0.29) is 23.9 Å². The topological polar surface area (TPSA) is 58.4 Å². The maximum atomic E-state index is 12.2. The number of carbonyl (C=O) groups excluding carboxylic acids is 1. The van der Waals surface area contributed by atoms with Gasteiger partial charge in [0.1, 0.15) is 0 Å². The van der Waals surface area contributed by atoms with E-state index in [0.29, 0.717) is 5.92 Å². The molecule has 1 rings (SSSR count). The van der Waals surface area contributed by atoms with Crippen molar-refractivity contribution in [3.63, 3.8) is 0 Å². The Hall–Kier alpha value is -0.610. The lowest BCUT2D eigenvalue weighted by atomic mass is 9.78. The van der Waals surface area contributed by atoms with Gasteiger partial charge in [-0.05, 0) is 52.7 Å². The summed E-state index contributed by atoms with van der Waals surface area (Å²) in [6.07, 6.45) is 4.20. The first kappa shape index (κ1) is 15.4. The summed E-state index contributed by atoms with van der Waals surface area (Å²) in [5.74, 6) is 0.627. The van der Waals surface area contributed by atoms with Crippen LogP contribution < -0.4 is 11.1 Å². The van der Waals surface area contributed by atoms with Gasteiger partial charge in [0.25, 0.3) is 0 Å². The summed E-state index contributed by atoms with van der Waals surface area (Å²) in [5.41, 5.74) is 6.15. The molecule has 0 aliphatic heterocycles. The minimum absolute atomic E-state index is 0.00977. The maximum Gasteiger partial charge on any atom is 0.224 e. The van der Waals surface area contributed by atoms with E-state index in [1.807, 2.05) is 14.1 Å². The highest BCUT2D eigenvalue weighted by molar-refractivity contribution is 5.79. The van der Waals surface area contributed by atoms with Gasteiger partial charge >= 0.3 is 0 Å². The van der Waals surface area contributed by atoms with Crippen molar-refractivity contribution < 1.29 is 4.79 Å². The number of carbonyl (C=O) groups is 1. The van der Waals surface area contributed by atoms with Gasteiger partial charge in [-0.3, -0.25) is 4.79 Å². The lowest BCUT2D eigenvalue weighted by molar-refractivity contribution is -0.127. The van der Waals surface area contributed by atoms with Crippen LogP contribution in [0.2, 0.25) is 0 Å². The average molecular weight is 255 g/mol. The summed E-state index contributed by atoms with van der Waals surface area (Å²) < 4.78 is 0. The number of nitrogens with zero attached hydrogens (tertiary/aromatic N) is 1. The molecule has 4 unspecified atom stereocenters. The molecule has 0 bridgehead atoms. The number of amides is 1. The van der Waals surface area contributed by atoms with Crippen molar-refractivity contribution in [3.8, 4) is 0 Å². The first-order valence-electron chi connectivity index (χ1n) is 7.12. The SMILES string of the molecule is CC(CCN(C)C)NC(=O)C1CCCC(C)C1N. The third kappa shape index (κ3) is 4.58. The molecule has 18 heavy (non-hydrogen) atoms. The smallest absolute Gasteiger partial charge is 0.224 e. The molecule has 0 radical (unpaired) electrons. The minimum atomic E-state index is 0.00977. The van der Waals surface area contributed by atoms with Crippen LogP contribution in [0, 0.1) is 11.8 Å². The third-order valence-electron chi connectivity index (χ3n) is 4.03. The molecule has 4 nitrogen and oxygen atoms in total. The molecule has 3 N–H and O–H groups in total. The van der Waals surface area contributed by atoms with Crippen LogP contribution in [0.4, 0.5) is 0 Å². The van der Waals surface area contributed by atoms with Gasteiger partial charge in [0.2, 0.25) is 5.91 Å². The van der Waals surface area contributed by atoms with Crippen molar-refractivity contribution in [2.75, 3.05) is 20.6 Å². The van der Waals surface area contributed by atoms with E-state index >= 15 is 0 Å². The Labute approximate surface area is 111 Å². The van der Waals surface area contributed by atoms with Gasteiger partial charge < -0.3 is 16.0 Å². The van der Waals surface area contributed by atoms with Gasteiger partial charge in [-0.1, -0.05) is 13.3 Å². The molecule has 1 fully saturated rings. The molecule has 1 aliphatic carbocycles. The van der Waals surface area contributed by atoms with E-state index in [9.17, 15) is 4.79 Å². The number of nitrogens with two attached hydrogens (primary N) is 1. The summed E-state index contributed by atoms with van der Waals surface area (Å²) in [7, 11) is 4.10. The summed E-state index contributed by atoms with van der Waals surface area (Å²) >= 11 is 0. The highest BCUT2D eigenvalue weighted by Crippen LogP contribution is 2.27. The normalized spacial score (nSPS) is 30.2. The highest BCUT2D eigenvalue weighted by atomic mass is 16.2. The Balaban J connectivity index is 2.39. The Morgan fingerprint density at radius 3 is 2.72 bits per heavy atom. The molecular formula is C14H29N3O. The van der Waals surface area contributed by atoms with Crippen LogP contribution in [0.25, 0.3) is 0 Å². The van der Waals surface area contributed by atoms with Crippen LogP contribution in [0.5, 0.6) is 0 Å². The lowest BCUT2D eigenvalue weighted by Gasteiger charge is -2.33. The molecule has 0 heterocycles. The van der Waals surface area contributed by atoms with Crippen LogP contribution in [0.1, 0.15) is 39.5 Å². The maximum absolute atomic E-state index is 12.2. The fourth-order valence-corrected chi connectivity index (χ4v) is 2.62. The monoisotopic (exact) mass is 255 g/mol. The average Bonchev–Trinajstić information content (AvgIpc) is 2.30. The highest BCUT2D eigenvalue weighted by Gasteiger charge is 2.32. The molecule has 1 amide bonds. The van der Waals surface area contributed by atoms with Crippen molar-refractivity contribution in [2.24, 2.45) is 17.6 Å². The standard InChI is InChI=1S/C14H29N3O/c1-10-6-5-7-12(13(10)15)14(18)16-11(2)8-9-17(3)4/h10-13H,5-9,15H2,1-4H3,(H,16,18). The first-order chi connectivity index (χ1) is 8.41. The first-order valence-corrected chi connectivity index (χ1v) is 7.12. The van der Waals surface area contributed by atoms with Crippen LogP contribution in [0.15, 0.2) is 0 Å². The molecule has 4 heteroatoms. The Morgan fingerprint density at radius 1 is 1.44 bits per heavy atom. The van der Waals surface area contributed by atoms with E-state index in [2.05, 4.69) is 24.1 Å². The zero-order valence-electron chi connectivity index (χ0n) is 12.3. The predicted molar refractivity (Wildman–Crippen MR) is 75.3 cm³/mol. The minimum Gasteiger partial charge on any atom is -0.353 e. The molecule has 1 aliphatic rings. The number of rotatable bonds is 5. The van der Waals surface area contributed by atoms with Gasteiger partial charge in [0.15, 0.2) is 0 Å². The largest absolute Gasteiger partial charge is 0.353 e. The Kier molecular flexibility index (Phi) is 6.09. The number of hydrogen-bond donors (Lipinski definition) is 2. The number of nitrogens with one attached hydrogen (secondary N) is 1. The number of hydrogen-bond acceptors (Lipinski definition) is 3. The van der Waals surface area contributed by atoms with Gasteiger partial charge in [0, 0.05) is 12.1 Å². The third-order valence-corrected chi connectivity index (χ3v) is 4.03. The van der Waals surface area contributed by atoms with Crippen molar-refractivity contribution in [1.82, 2.24) is 10.2 Å². The molecule has 4 atom stereocenters. The van der Waals surface area contributed by atoms with Crippen LogP contribution in [0.3, 0.4) is 0 Å². The second kappa shape index (κ2) is 7.10. The van der Waals surface area contributed by atoms with E-state index in [4.69, 9.17) is 5.73 Å². The van der Waals surface area contributed by atoms with Crippen LogP contribution in [-0.4, -0.2) is 43.5 Å². The van der Waals surface area contributed by atoms with E-state index in [0.717, 1.165) is 32.2 Å². The molecular weight excluding hydrogens is 226 g/mol. The van der Waals surface area contributed by atoms with E-state index in [1.165, 1.54) is 0 Å². The Morgan fingerprint density at radius 2 is 2.11 bits per heavy atom. The van der Waals surface area contributed by atoms with Gasteiger partial charge in [-0.2, -0.15) is 0 Å².